The van der Waals surface area contributed by atoms with Gasteiger partial charge in [-0.2, -0.15) is 0 Å². The molecule has 0 bridgehead atoms. The van der Waals surface area contributed by atoms with Gasteiger partial charge in [-0.25, -0.2) is 0 Å². The van der Waals surface area contributed by atoms with Crippen LogP contribution in [0.3, 0.4) is 0 Å². The molecule has 1 saturated heterocycles. The maximum Gasteiger partial charge on any atom is 0.113 e. The average Bonchev–Trinajstić information content (AvgIpc) is 2.87. The Kier molecular flexibility index (Phi) is 7.12. The highest BCUT2D eigenvalue weighted by Crippen LogP contribution is 2.36. The van der Waals surface area contributed by atoms with E-state index in [1.165, 1.54) is 24.3 Å². The number of ether oxygens (including phenoxy) is 1. The van der Waals surface area contributed by atoms with Crippen molar-refractivity contribution < 1.29 is 53.6 Å². The SMILES string of the molecule is O=C([O-])C[C@H](Nc1ccc([C@@H]2O[C@H](COP(=O)([O-])[O-])[C@@H](O)[C@H]2O)cc1)C(=O)[O-]. The Bertz CT molecular complexity index is 749. The number of hydrogen-bond acceptors (Lipinski definition) is 12. The van der Waals surface area contributed by atoms with Gasteiger partial charge in [0.05, 0.1) is 26.4 Å². The van der Waals surface area contributed by atoms with Gasteiger partial charge in [0.1, 0.15) is 24.4 Å². The molecule has 0 aliphatic carbocycles. The summed E-state index contributed by atoms with van der Waals surface area (Å²) in [5.74, 6) is -3.22. The lowest BCUT2D eigenvalue weighted by Gasteiger charge is -2.30. The van der Waals surface area contributed by atoms with E-state index in [-0.39, 0.29) is 5.69 Å². The molecule has 0 unspecified atom stereocenters. The summed E-state index contributed by atoms with van der Waals surface area (Å²) in [6.07, 6.45) is -6.11. The number of carboxylic acid groups (broad SMARTS) is 2. The Morgan fingerprint density at radius 3 is 2.29 bits per heavy atom. The van der Waals surface area contributed by atoms with Crippen LogP contribution in [0.25, 0.3) is 0 Å². The van der Waals surface area contributed by atoms with Crippen LogP contribution in [0.2, 0.25) is 0 Å². The van der Waals surface area contributed by atoms with Crippen molar-refractivity contribution in [1.29, 1.82) is 0 Å². The average molecular weight is 417 g/mol. The minimum atomic E-state index is -5.28. The molecule has 3 N–H and O–H groups in total. The van der Waals surface area contributed by atoms with E-state index in [4.69, 9.17) is 4.74 Å². The second-order valence-corrected chi connectivity index (χ2v) is 7.19. The van der Waals surface area contributed by atoms with Crippen molar-refractivity contribution in [2.24, 2.45) is 0 Å². The van der Waals surface area contributed by atoms with Gasteiger partial charge in [-0.05, 0) is 17.7 Å². The highest BCUT2D eigenvalue weighted by Gasteiger charge is 2.43. The summed E-state index contributed by atoms with van der Waals surface area (Å²) < 4.78 is 19.9. The fourth-order valence-corrected chi connectivity index (χ4v) is 2.99. The van der Waals surface area contributed by atoms with Crippen LogP contribution in [0.5, 0.6) is 0 Å². The maximum absolute atomic E-state index is 10.9. The predicted octanol–water partition coefficient (Wildman–Crippen LogP) is -4.64. The lowest BCUT2D eigenvalue weighted by Crippen LogP contribution is -2.44. The zero-order valence-corrected chi connectivity index (χ0v) is 15.0. The number of aliphatic hydroxyl groups excluding tert-OH is 2. The van der Waals surface area contributed by atoms with Gasteiger partial charge < -0.3 is 58.9 Å². The molecule has 1 heterocycles. The van der Waals surface area contributed by atoms with Gasteiger partial charge in [-0.15, -0.1) is 0 Å². The Balaban J connectivity index is 2.05. The smallest absolute Gasteiger partial charge is 0.113 e. The quantitative estimate of drug-likeness (QED) is 0.323. The first-order valence-electron chi connectivity index (χ1n) is 7.93. The highest BCUT2D eigenvalue weighted by molar-refractivity contribution is 7.43. The standard InChI is InChI=1S/C15H20NO11P/c17-11(18)5-9(15(21)22)16-8-3-1-7(2-4-8)14-13(20)12(19)10(27-14)6-26-28(23,24)25/h1-4,9-10,12-14,16,19-20H,5-6H2,(H,17,18)(H,21,22)(H2,23,24,25)/p-4/t9-,10+,12+,13+,14-/m0/s1. The summed E-state index contributed by atoms with van der Waals surface area (Å²) in [6, 6.07) is 4.03. The van der Waals surface area contributed by atoms with Crippen molar-refractivity contribution >= 4 is 25.4 Å². The second kappa shape index (κ2) is 8.97. The normalized spacial score (nSPS) is 26.0. The molecule has 0 aromatic heterocycles. The second-order valence-electron chi connectivity index (χ2n) is 6.03. The zero-order valence-electron chi connectivity index (χ0n) is 14.1. The minimum Gasteiger partial charge on any atom is -0.790 e. The Morgan fingerprint density at radius 2 is 1.79 bits per heavy atom. The summed E-state index contributed by atoms with van der Waals surface area (Å²) in [4.78, 5) is 42.6. The van der Waals surface area contributed by atoms with Crippen LogP contribution >= 0.6 is 7.82 Å². The first-order valence-corrected chi connectivity index (χ1v) is 9.39. The third-order valence-electron chi connectivity index (χ3n) is 3.99. The van der Waals surface area contributed by atoms with Crippen LogP contribution in [0.4, 0.5) is 5.69 Å². The number of phosphoric ester groups is 1. The van der Waals surface area contributed by atoms with E-state index in [2.05, 4.69) is 9.84 Å². The van der Waals surface area contributed by atoms with Crippen molar-refractivity contribution in [3.8, 4) is 0 Å². The van der Waals surface area contributed by atoms with E-state index in [0.29, 0.717) is 5.56 Å². The van der Waals surface area contributed by atoms with E-state index in [0.717, 1.165) is 0 Å². The van der Waals surface area contributed by atoms with Crippen molar-refractivity contribution in [2.45, 2.75) is 36.9 Å². The van der Waals surface area contributed by atoms with Crippen LogP contribution in [-0.2, 0) is 23.4 Å². The van der Waals surface area contributed by atoms with Crippen molar-refractivity contribution in [2.75, 3.05) is 11.9 Å². The third-order valence-corrected chi connectivity index (χ3v) is 4.46. The molecule has 5 atom stereocenters. The van der Waals surface area contributed by atoms with Crippen molar-refractivity contribution in [3.05, 3.63) is 29.8 Å². The molecular weight excluding hydrogens is 401 g/mol. The van der Waals surface area contributed by atoms with Gasteiger partial charge in [0.2, 0.25) is 0 Å². The number of hydrogen-bond donors (Lipinski definition) is 3. The number of aliphatic carboxylic acids is 2. The number of carbonyl (C=O) groups is 2. The Hall–Kier alpha value is -2.05. The van der Waals surface area contributed by atoms with Gasteiger partial charge in [-0.3, -0.25) is 0 Å². The third kappa shape index (κ3) is 5.97. The van der Waals surface area contributed by atoms with E-state index in [1.54, 1.807) is 0 Å². The summed E-state index contributed by atoms with van der Waals surface area (Å²) in [6.45, 7) is -0.769. The summed E-state index contributed by atoms with van der Waals surface area (Å²) in [5, 5.41) is 43.9. The Morgan fingerprint density at radius 1 is 1.18 bits per heavy atom. The van der Waals surface area contributed by atoms with E-state index >= 15 is 0 Å². The van der Waals surface area contributed by atoms with Gasteiger partial charge in [-0.1, -0.05) is 12.1 Å². The van der Waals surface area contributed by atoms with Crippen LogP contribution in [0, 0.1) is 0 Å². The molecule has 1 aliphatic heterocycles. The van der Waals surface area contributed by atoms with Gasteiger partial charge in [0.15, 0.2) is 0 Å². The van der Waals surface area contributed by atoms with E-state index in [9.17, 15) is 44.4 Å². The molecular formula is C15H16NO11P-4. The molecule has 0 saturated carbocycles. The lowest BCUT2D eigenvalue weighted by molar-refractivity contribution is -0.343. The monoisotopic (exact) mass is 417 g/mol. The number of benzene rings is 1. The molecule has 2 rings (SSSR count). The number of carbonyl (C=O) groups excluding carboxylic acids is 2. The molecule has 156 valence electrons. The number of anilines is 1. The summed E-state index contributed by atoms with van der Waals surface area (Å²) in [5.41, 5.74) is 0.572. The van der Waals surface area contributed by atoms with Crippen LogP contribution in [-0.4, -0.2) is 53.1 Å². The molecule has 0 amide bonds. The van der Waals surface area contributed by atoms with Gasteiger partial charge in [0, 0.05) is 18.1 Å². The van der Waals surface area contributed by atoms with E-state index in [1.807, 2.05) is 0 Å². The van der Waals surface area contributed by atoms with Crippen LogP contribution < -0.4 is 25.3 Å². The van der Waals surface area contributed by atoms with Crippen LogP contribution in [0.15, 0.2) is 24.3 Å². The summed E-state index contributed by atoms with van der Waals surface area (Å²) in [7, 11) is -5.28. The molecule has 13 heteroatoms. The molecule has 1 fully saturated rings. The van der Waals surface area contributed by atoms with Crippen molar-refractivity contribution in [3.63, 3.8) is 0 Å². The molecule has 1 aromatic carbocycles. The van der Waals surface area contributed by atoms with Crippen LogP contribution in [0.1, 0.15) is 18.1 Å². The topological polar surface area (TPSA) is 214 Å². The van der Waals surface area contributed by atoms with Crippen molar-refractivity contribution in [1.82, 2.24) is 0 Å². The minimum absolute atomic E-state index is 0.228. The number of aliphatic hydroxyl groups is 2. The zero-order chi connectivity index (χ0) is 21.1. The summed E-state index contributed by atoms with van der Waals surface area (Å²) >= 11 is 0. The lowest BCUT2D eigenvalue weighted by atomic mass is 10.0. The molecule has 28 heavy (non-hydrogen) atoms. The first kappa shape index (κ1) is 22.2. The number of carboxylic acids is 2. The largest absolute Gasteiger partial charge is 0.790 e. The molecule has 0 radical (unpaired) electrons. The number of phosphoric acid groups is 1. The molecule has 1 aromatic rings. The van der Waals surface area contributed by atoms with E-state index < -0.39 is 63.2 Å². The molecule has 0 spiro atoms. The fourth-order valence-electron chi connectivity index (χ4n) is 2.66. The van der Waals surface area contributed by atoms with Gasteiger partial charge in [0.25, 0.3) is 0 Å². The Labute approximate surface area is 158 Å². The number of rotatable bonds is 9. The maximum atomic E-state index is 10.9. The first-order chi connectivity index (χ1) is 13.0. The highest BCUT2D eigenvalue weighted by atomic mass is 31.2. The number of nitrogens with one attached hydrogen (secondary N) is 1. The molecule has 1 aliphatic rings. The predicted molar refractivity (Wildman–Crippen MR) is 81.7 cm³/mol. The van der Waals surface area contributed by atoms with Gasteiger partial charge >= 0.3 is 0 Å². The molecule has 12 nitrogen and oxygen atoms in total. The fraction of sp³-hybridized carbons (Fsp3) is 0.467.